The van der Waals surface area contributed by atoms with Gasteiger partial charge in [0.1, 0.15) is 22.9 Å². The molecule has 1 spiro atoms. The van der Waals surface area contributed by atoms with Crippen molar-refractivity contribution in [2.45, 2.75) is 69.6 Å². The van der Waals surface area contributed by atoms with Gasteiger partial charge in [0.05, 0.1) is 17.8 Å². The van der Waals surface area contributed by atoms with Gasteiger partial charge >= 0.3 is 6.01 Å². The van der Waals surface area contributed by atoms with Crippen LogP contribution in [0.4, 0.5) is 14.6 Å². The average molecular weight is 666 g/mol. The Balaban J connectivity index is 1.10. The maximum atomic E-state index is 17.2. The predicted molar refractivity (Wildman–Crippen MR) is 185 cm³/mol. The van der Waals surface area contributed by atoms with Gasteiger partial charge in [-0.15, -0.1) is 6.42 Å². The van der Waals surface area contributed by atoms with Crippen LogP contribution >= 0.6 is 0 Å². The highest BCUT2D eigenvalue weighted by Gasteiger charge is 2.51. The van der Waals surface area contributed by atoms with Crippen LogP contribution in [0.2, 0.25) is 0 Å². The standard InChI is InChI=1S/C39H41F2N5O3/c1-3-28-31(40)9-6-24-15-27(47)16-29(33(24)28)32-23(2)14-30-35(34(32)41)43-37(44-36(30)46-17-25-7-8-26(18-46)42-25)48-22-38(11-12-38)19-45-20-39(21-45)10-4-5-13-49-39/h1,6,9,14-16,25-26,42,47H,4-5,7-8,10-13,17-22H2,2H3. The number of nitrogens with one attached hydrogen (secondary N) is 1. The van der Waals surface area contributed by atoms with Crippen molar-refractivity contribution >= 4 is 27.5 Å². The lowest BCUT2D eigenvalue weighted by Crippen LogP contribution is -2.65. The number of fused-ring (bicyclic) bond motifs is 4. The number of rotatable bonds is 7. The molecule has 2 unspecified atom stereocenters. The Bertz CT molecular complexity index is 2020. The Hall–Kier alpha value is -4.04. The highest BCUT2D eigenvalue weighted by molar-refractivity contribution is 6.05. The van der Waals surface area contributed by atoms with E-state index in [2.05, 4.69) is 21.0 Å². The highest BCUT2D eigenvalue weighted by atomic mass is 19.1. The van der Waals surface area contributed by atoms with Gasteiger partial charge in [-0.05, 0) is 92.6 Å². The van der Waals surface area contributed by atoms with Crippen LogP contribution in [0.15, 0.2) is 30.3 Å². The molecule has 1 aromatic heterocycles. The van der Waals surface area contributed by atoms with Crippen LogP contribution in [0, 0.1) is 36.3 Å². The molecule has 5 aliphatic rings. The topological polar surface area (TPSA) is 83.0 Å². The average Bonchev–Trinajstić information content (AvgIpc) is 3.77. The Morgan fingerprint density at radius 3 is 2.59 bits per heavy atom. The first-order chi connectivity index (χ1) is 23.7. The molecule has 2 bridgehead atoms. The highest BCUT2D eigenvalue weighted by Crippen LogP contribution is 2.49. The summed E-state index contributed by atoms with van der Waals surface area (Å²) in [7, 11) is 0. The number of aromatic hydroxyl groups is 1. The van der Waals surface area contributed by atoms with Crippen LogP contribution < -0.4 is 15.0 Å². The van der Waals surface area contributed by atoms with Gasteiger partial charge in [-0.25, -0.2) is 8.78 Å². The molecule has 3 aromatic carbocycles. The fourth-order valence-electron chi connectivity index (χ4n) is 8.94. The van der Waals surface area contributed by atoms with E-state index < -0.39 is 11.6 Å². The Morgan fingerprint density at radius 2 is 1.88 bits per heavy atom. The first-order valence-corrected chi connectivity index (χ1v) is 17.7. The first-order valence-electron chi connectivity index (χ1n) is 17.7. The SMILES string of the molecule is C#Cc1c(F)ccc2cc(O)cc(-c3c(C)cc4c(N5CC6CCC(C5)N6)nc(OCC5(CN6CC7(CCCCO7)C6)CC5)nc4c3F)c12. The van der Waals surface area contributed by atoms with Crippen LogP contribution in [0.1, 0.15) is 56.1 Å². The maximum Gasteiger partial charge on any atom is 0.319 e. The van der Waals surface area contributed by atoms with E-state index in [1.54, 1.807) is 6.07 Å². The van der Waals surface area contributed by atoms with Crippen molar-refractivity contribution in [3.8, 4) is 35.2 Å². The normalized spacial score (nSPS) is 23.9. The van der Waals surface area contributed by atoms with Gasteiger partial charge in [0, 0.05) is 73.2 Å². The minimum atomic E-state index is -0.583. The second-order valence-electron chi connectivity index (χ2n) is 15.2. The number of anilines is 1. The van der Waals surface area contributed by atoms with Gasteiger partial charge in [0.25, 0.3) is 0 Å². The van der Waals surface area contributed by atoms with Crippen LogP contribution in [0.5, 0.6) is 11.8 Å². The number of ether oxygens (including phenoxy) is 2. The first kappa shape index (κ1) is 31.0. The molecule has 9 rings (SSSR count). The molecule has 2 N–H and O–H groups in total. The molecule has 0 radical (unpaired) electrons. The van der Waals surface area contributed by atoms with Crippen molar-refractivity contribution in [1.82, 2.24) is 20.2 Å². The van der Waals surface area contributed by atoms with E-state index in [-0.39, 0.29) is 39.4 Å². The van der Waals surface area contributed by atoms with Gasteiger partial charge < -0.3 is 24.8 Å². The lowest BCUT2D eigenvalue weighted by Gasteiger charge is -2.52. The molecule has 2 atom stereocenters. The van der Waals surface area contributed by atoms with Crippen LogP contribution in [0.25, 0.3) is 32.8 Å². The summed E-state index contributed by atoms with van der Waals surface area (Å²) in [4.78, 5) is 14.4. The predicted octanol–water partition coefficient (Wildman–Crippen LogP) is 6.08. The van der Waals surface area contributed by atoms with Gasteiger partial charge in [-0.2, -0.15) is 9.97 Å². The number of terminal acetylenes is 1. The molecular weight excluding hydrogens is 624 g/mol. The third kappa shape index (κ3) is 5.38. The Labute approximate surface area is 284 Å². The van der Waals surface area contributed by atoms with Crippen molar-refractivity contribution in [2.24, 2.45) is 5.41 Å². The number of nitrogens with zero attached hydrogens (tertiary/aromatic N) is 4. The number of likely N-dealkylation sites (tertiary alicyclic amines) is 1. The lowest BCUT2D eigenvalue weighted by atomic mass is 9.85. The zero-order chi connectivity index (χ0) is 33.5. The fraction of sp³-hybridized carbons (Fsp3) is 0.487. The number of phenols is 1. The quantitative estimate of drug-likeness (QED) is 0.230. The van der Waals surface area contributed by atoms with Crippen LogP contribution in [0.3, 0.4) is 0 Å². The fourth-order valence-corrected chi connectivity index (χ4v) is 8.94. The number of phenolic OH excluding ortho intramolecular Hbond substituents is 1. The number of hydrogen-bond donors (Lipinski definition) is 2. The van der Waals surface area contributed by atoms with Crippen molar-refractivity contribution in [1.29, 1.82) is 0 Å². The third-order valence-corrected chi connectivity index (χ3v) is 11.6. The van der Waals surface area contributed by atoms with Crippen molar-refractivity contribution in [2.75, 3.05) is 50.8 Å². The molecule has 1 aliphatic carbocycles. The number of piperazine rings is 1. The molecule has 1 saturated carbocycles. The Kier molecular flexibility index (Phi) is 7.28. The monoisotopic (exact) mass is 665 g/mol. The molecule has 5 heterocycles. The van der Waals surface area contributed by atoms with E-state index in [1.807, 2.05) is 13.0 Å². The van der Waals surface area contributed by atoms with Gasteiger partial charge in [-0.1, -0.05) is 12.0 Å². The summed E-state index contributed by atoms with van der Waals surface area (Å²) < 4.78 is 44.7. The summed E-state index contributed by atoms with van der Waals surface area (Å²) in [6.45, 7) is 7.53. The molecule has 5 fully saturated rings. The summed E-state index contributed by atoms with van der Waals surface area (Å²) in [6.07, 6.45) is 13.6. The minimum Gasteiger partial charge on any atom is -0.508 e. The minimum absolute atomic E-state index is 0.0213. The van der Waals surface area contributed by atoms with E-state index in [0.717, 1.165) is 77.9 Å². The molecule has 8 nitrogen and oxygen atoms in total. The molecule has 4 aliphatic heterocycles. The van der Waals surface area contributed by atoms with Crippen molar-refractivity contribution in [3.05, 3.63) is 53.1 Å². The summed E-state index contributed by atoms with van der Waals surface area (Å²) in [5, 5.41) is 15.8. The number of hydrogen-bond acceptors (Lipinski definition) is 8. The number of halogens is 2. The van der Waals surface area contributed by atoms with Crippen LogP contribution in [-0.4, -0.2) is 83.6 Å². The van der Waals surface area contributed by atoms with E-state index >= 15 is 4.39 Å². The third-order valence-electron chi connectivity index (χ3n) is 11.6. The second-order valence-corrected chi connectivity index (χ2v) is 15.2. The van der Waals surface area contributed by atoms with E-state index in [0.29, 0.717) is 51.8 Å². The second kappa shape index (κ2) is 11.5. The van der Waals surface area contributed by atoms with E-state index in [9.17, 15) is 9.50 Å². The number of aryl methyl sites for hydroxylation is 1. The van der Waals surface area contributed by atoms with Gasteiger partial charge in [0.15, 0.2) is 5.82 Å². The molecule has 254 valence electrons. The molecule has 49 heavy (non-hydrogen) atoms. The number of benzene rings is 3. The summed E-state index contributed by atoms with van der Waals surface area (Å²) >= 11 is 0. The molecule has 4 saturated heterocycles. The van der Waals surface area contributed by atoms with Crippen molar-refractivity contribution in [3.63, 3.8) is 0 Å². The lowest BCUT2D eigenvalue weighted by molar-refractivity contribution is -0.170. The van der Waals surface area contributed by atoms with E-state index in [1.165, 1.54) is 24.6 Å². The van der Waals surface area contributed by atoms with Gasteiger partial charge in [-0.3, -0.25) is 4.90 Å². The smallest absolute Gasteiger partial charge is 0.319 e. The zero-order valence-corrected chi connectivity index (χ0v) is 27.8. The van der Waals surface area contributed by atoms with Crippen molar-refractivity contribution < 1.29 is 23.4 Å². The molecule has 0 amide bonds. The zero-order valence-electron chi connectivity index (χ0n) is 27.8. The van der Waals surface area contributed by atoms with Gasteiger partial charge in [0.2, 0.25) is 0 Å². The summed E-state index contributed by atoms with van der Waals surface area (Å²) in [6, 6.07) is 8.51. The molecular formula is C39H41F2N5O3. The molecule has 10 heteroatoms. The number of aromatic nitrogens is 2. The Morgan fingerprint density at radius 1 is 1.08 bits per heavy atom. The summed E-state index contributed by atoms with van der Waals surface area (Å²) in [5.41, 5.74) is 1.34. The van der Waals surface area contributed by atoms with Crippen LogP contribution in [-0.2, 0) is 4.74 Å². The summed E-state index contributed by atoms with van der Waals surface area (Å²) in [5.74, 6) is 1.87. The van der Waals surface area contributed by atoms with E-state index in [4.69, 9.17) is 25.9 Å². The molecule has 4 aromatic rings. The largest absolute Gasteiger partial charge is 0.508 e. The maximum absolute atomic E-state index is 17.2.